The van der Waals surface area contributed by atoms with Crippen LogP contribution >= 0.6 is 0 Å². The number of pyridine rings is 1. The molecule has 0 bridgehead atoms. The van der Waals surface area contributed by atoms with Crippen molar-refractivity contribution >= 4 is 21.6 Å². The van der Waals surface area contributed by atoms with E-state index in [4.69, 9.17) is 4.74 Å². The Morgan fingerprint density at radius 2 is 1.84 bits per heavy atom. The number of carbonyl (C=O) groups excluding carboxylic acids is 1. The maximum Gasteiger partial charge on any atom is 0.261 e. The predicted octanol–water partition coefficient (Wildman–Crippen LogP) is 3.99. The van der Waals surface area contributed by atoms with E-state index in [2.05, 4.69) is 21.9 Å². The summed E-state index contributed by atoms with van der Waals surface area (Å²) in [6.07, 6.45) is 3.59. The van der Waals surface area contributed by atoms with Gasteiger partial charge in [-0.25, -0.2) is 13.4 Å². The molecule has 162 valence electrons. The monoisotopic (exact) mass is 439 g/mol. The number of sulfonamides is 1. The van der Waals surface area contributed by atoms with Crippen LogP contribution in [0.15, 0.2) is 77.8 Å². The summed E-state index contributed by atoms with van der Waals surface area (Å²) in [7, 11) is -3.73. The predicted molar refractivity (Wildman–Crippen MR) is 120 cm³/mol. The summed E-state index contributed by atoms with van der Waals surface area (Å²) in [6.45, 7) is 2.89. The molecule has 2 N–H and O–H groups in total. The Balaban J connectivity index is 1.66. The summed E-state index contributed by atoms with van der Waals surface area (Å²) >= 11 is 0. The molecule has 1 amide bonds. The van der Waals surface area contributed by atoms with E-state index in [1.165, 1.54) is 18.2 Å². The van der Waals surface area contributed by atoms with Gasteiger partial charge in [-0.3, -0.25) is 9.52 Å². The highest BCUT2D eigenvalue weighted by atomic mass is 32.2. The van der Waals surface area contributed by atoms with Crippen LogP contribution in [-0.2, 0) is 16.6 Å². The van der Waals surface area contributed by atoms with E-state index in [9.17, 15) is 13.2 Å². The quantitative estimate of drug-likeness (QED) is 0.466. The lowest BCUT2D eigenvalue weighted by Crippen LogP contribution is -2.23. The molecule has 0 unspecified atom stereocenters. The summed E-state index contributed by atoms with van der Waals surface area (Å²) in [5.74, 6) is 0.171. The number of hydrogen-bond acceptors (Lipinski definition) is 5. The number of hydrogen-bond donors (Lipinski definition) is 2. The minimum absolute atomic E-state index is 0.150. The van der Waals surface area contributed by atoms with Crippen LogP contribution in [0.2, 0.25) is 0 Å². The number of ether oxygens (including phenoxy) is 1. The highest BCUT2D eigenvalue weighted by Gasteiger charge is 2.15. The van der Waals surface area contributed by atoms with Crippen molar-refractivity contribution in [3.63, 3.8) is 0 Å². The molecule has 0 aliphatic heterocycles. The SMILES string of the molecule is CCCCOc1ncccc1CNC(=O)c1cccc(NS(=O)(=O)c2ccccc2)c1. The third-order valence-electron chi connectivity index (χ3n) is 4.46. The molecule has 0 radical (unpaired) electrons. The second-order valence-corrected chi connectivity index (χ2v) is 8.53. The molecule has 0 spiro atoms. The molecule has 3 rings (SSSR count). The van der Waals surface area contributed by atoms with Gasteiger partial charge < -0.3 is 10.1 Å². The Morgan fingerprint density at radius 3 is 2.61 bits per heavy atom. The van der Waals surface area contributed by atoms with Crippen molar-refractivity contribution in [3.8, 4) is 5.88 Å². The number of amides is 1. The lowest BCUT2D eigenvalue weighted by atomic mass is 10.2. The van der Waals surface area contributed by atoms with Crippen molar-refractivity contribution in [2.75, 3.05) is 11.3 Å². The average molecular weight is 440 g/mol. The number of aromatic nitrogens is 1. The molecule has 0 saturated carbocycles. The van der Waals surface area contributed by atoms with Gasteiger partial charge in [0.05, 0.1) is 11.5 Å². The number of unbranched alkanes of at least 4 members (excludes halogenated alkanes) is 1. The van der Waals surface area contributed by atoms with Crippen LogP contribution in [0.4, 0.5) is 5.69 Å². The highest BCUT2D eigenvalue weighted by molar-refractivity contribution is 7.92. The van der Waals surface area contributed by atoms with Crippen molar-refractivity contribution in [2.24, 2.45) is 0 Å². The van der Waals surface area contributed by atoms with Gasteiger partial charge in [0.25, 0.3) is 15.9 Å². The van der Waals surface area contributed by atoms with Crippen molar-refractivity contribution in [2.45, 2.75) is 31.2 Å². The van der Waals surface area contributed by atoms with Crippen molar-refractivity contribution in [1.29, 1.82) is 0 Å². The topological polar surface area (TPSA) is 97.4 Å². The molecule has 0 aliphatic rings. The van der Waals surface area contributed by atoms with Crippen LogP contribution in [0.25, 0.3) is 0 Å². The zero-order chi connectivity index (χ0) is 22.1. The molecule has 0 aliphatic carbocycles. The number of nitrogens with zero attached hydrogens (tertiary/aromatic N) is 1. The van der Waals surface area contributed by atoms with Crippen LogP contribution in [-0.4, -0.2) is 25.9 Å². The summed E-state index contributed by atoms with van der Waals surface area (Å²) in [6, 6.07) is 18.0. The first-order chi connectivity index (χ1) is 15.0. The Kier molecular flexibility index (Phi) is 7.61. The summed E-state index contributed by atoms with van der Waals surface area (Å²) in [5, 5.41) is 2.83. The molecule has 0 atom stereocenters. The maximum absolute atomic E-state index is 12.6. The Morgan fingerprint density at radius 1 is 1.03 bits per heavy atom. The van der Waals surface area contributed by atoms with Gasteiger partial charge in [-0.15, -0.1) is 0 Å². The van der Waals surface area contributed by atoms with E-state index in [1.54, 1.807) is 48.7 Å². The number of carbonyl (C=O) groups is 1. The average Bonchev–Trinajstić information content (AvgIpc) is 2.79. The van der Waals surface area contributed by atoms with Crippen LogP contribution in [0.1, 0.15) is 35.7 Å². The molecule has 8 heteroatoms. The minimum Gasteiger partial charge on any atom is -0.477 e. The Hall–Kier alpha value is -3.39. The van der Waals surface area contributed by atoms with Gasteiger partial charge in [0.15, 0.2) is 0 Å². The van der Waals surface area contributed by atoms with E-state index in [-0.39, 0.29) is 17.3 Å². The molecular formula is C23H25N3O4S. The molecule has 0 fully saturated rings. The van der Waals surface area contributed by atoms with Crippen LogP contribution in [0, 0.1) is 0 Å². The van der Waals surface area contributed by atoms with E-state index < -0.39 is 10.0 Å². The standard InChI is InChI=1S/C23H25N3O4S/c1-2-3-15-30-23-19(10-8-14-24-23)17-25-22(27)18-9-7-11-20(16-18)26-31(28,29)21-12-5-4-6-13-21/h4-14,16,26H,2-3,15,17H2,1H3,(H,25,27). The highest BCUT2D eigenvalue weighted by Crippen LogP contribution is 2.18. The fraction of sp³-hybridized carbons (Fsp3) is 0.217. The number of rotatable bonds is 10. The second-order valence-electron chi connectivity index (χ2n) is 6.85. The number of nitrogens with one attached hydrogen (secondary N) is 2. The van der Waals surface area contributed by atoms with Crippen LogP contribution in [0.5, 0.6) is 5.88 Å². The lowest BCUT2D eigenvalue weighted by molar-refractivity contribution is 0.0950. The van der Waals surface area contributed by atoms with Gasteiger partial charge >= 0.3 is 0 Å². The molecule has 2 aromatic carbocycles. The molecule has 1 aromatic heterocycles. The van der Waals surface area contributed by atoms with E-state index >= 15 is 0 Å². The maximum atomic E-state index is 12.6. The molecule has 31 heavy (non-hydrogen) atoms. The van der Waals surface area contributed by atoms with Crippen molar-refractivity contribution in [3.05, 3.63) is 84.1 Å². The zero-order valence-electron chi connectivity index (χ0n) is 17.2. The summed E-state index contributed by atoms with van der Waals surface area (Å²) < 4.78 is 33.2. The molecule has 3 aromatic rings. The second kappa shape index (κ2) is 10.6. The largest absolute Gasteiger partial charge is 0.477 e. The summed E-state index contributed by atoms with van der Waals surface area (Å²) in [5.41, 5.74) is 1.42. The molecule has 1 heterocycles. The number of benzene rings is 2. The van der Waals surface area contributed by atoms with Gasteiger partial charge in [-0.05, 0) is 42.8 Å². The van der Waals surface area contributed by atoms with Crippen molar-refractivity contribution in [1.82, 2.24) is 10.3 Å². The Bertz CT molecular complexity index is 1120. The Labute approximate surface area is 182 Å². The first-order valence-corrected chi connectivity index (χ1v) is 11.5. The summed E-state index contributed by atoms with van der Waals surface area (Å²) in [4.78, 5) is 17.0. The van der Waals surface area contributed by atoms with E-state index in [1.807, 2.05) is 6.07 Å². The molecule has 7 nitrogen and oxygen atoms in total. The van der Waals surface area contributed by atoms with Gasteiger partial charge in [-0.1, -0.05) is 43.7 Å². The van der Waals surface area contributed by atoms with Gasteiger partial charge in [0.1, 0.15) is 0 Å². The minimum atomic E-state index is -3.73. The fourth-order valence-electron chi connectivity index (χ4n) is 2.82. The normalized spacial score (nSPS) is 11.0. The van der Waals surface area contributed by atoms with Crippen LogP contribution in [0.3, 0.4) is 0 Å². The first-order valence-electron chi connectivity index (χ1n) is 10.0. The number of anilines is 1. The van der Waals surface area contributed by atoms with Crippen molar-refractivity contribution < 1.29 is 17.9 Å². The van der Waals surface area contributed by atoms with Gasteiger partial charge in [-0.2, -0.15) is 0 Å². The smallest absolute Gasteiger partial charge is 0.261 e. The fourth-order valence-corrected chi connectivity index (χ4v) is 3.89. The first kappa shape index (κ1) is 22.3. The third-order valence-corrected chi connectivity index (χ3v) is 5.85. The zero-order valence-corrected chi connectivity index (χ0v) is 18.1. The van der Waals surface area contributed by atoms with Crippen LogP contribution < -0.4 is 14.8 Å². The third kappa shape index (κ3) is 6.29. The van der Waals surface area contributed by atoms with Gasteiger partial charge in [0, 0.05) is 29.6 Å². The molecular weight excluding hydrogens is 414 g/mol. The van der Waals surface area contributed by atoms with E-state index in [0.717, 1.165) is 18.4 Å². The lowest BCUT2D eigenvalue weighted by Gasteiger charge is -2.12. The molecule has 0 saturated heterocycles. The van der Waals surface area contributed by atoms with E-state index in [0.29, 0.717) is 23.7 Å². The van der Waals surface area contributed by atoms with Gasteiger partial charge in [0.2, 0.25) is 5.88 Å².